The summed E-state index contributed by atoms with van der Waals surface area (Å²) in [6.45, 7) is 5.25. The van der Waals surface area contributed by atoms with Gasteiger partial charge in [-0.15, -0.1) is 0 Å². The van der Waals surface area contributed by atoms with Gasteiger partial charge in [-0.3, -0.25) is 4.79 Å². The molecule has 0 aromatic heterocycles. The molecule has 0 bridgehead atoms. The van der Waals surface area contributed by atoms with Gasteiger partial charge >= 0.3 is 0 Å². The second-order valence-corrected chi connectivity index (χ2v) is 6.29. The number of nitrogens with one attached hydrogen (secondary N) is 1. The Morgan fingerprint density at radius 3 is 2.76 bits per heavy atom. The van der Waals surface area contributed by atoms with E-state index < -0.39 is 0 Å². The number of aryl methyl sites for hydroxylation is 1. The number of ether oxygens (including phenoxy) is 1. The first-order valence-electron chi connectivity index (χ1n) is 7.91. The molecule has 2 fully saturated rings. The first-order valence-corrected chi connectivity index (χ1v) is 7.91. The number of carbonyl (C=O) groups excluding carboxylic acids is 1. The third-order valence-corrected chi connectivity index (χ3v) is 4.36. The van der Waals surface area contributed by atoms with Crippen LogP contribution in [0.25, 0.3) is 0 Å². The summed E-state index contributed by atoms with van der Waals surface area (Å²) in [7, 11) is 0. The second-order valence-electron chi connectivity index (χ2n) is 6.29. The monoisotopic (exact) mass is 288 g/mol. The molecule has 1 heterocycles. The highest BCUT2D eigenvalue weighted by atomic mass is 16.5. The van der Waals surface area contributed by atoms with Crippen molar-refractivity contribution in [1.29, 1.82) is 0 Å². The molecular weight excluding hydrogens is 264 g/mol. The summed E-state index contributed by atoms with van der Waals surface area (Å²) >= 11 is 0. The second kappa shape index (κ2) is 6.48. The van der Waals surface area contributed by atoms with Gasteiger partial charge in [0.1, 0.15) is 5.75 Å². The van der Waals surface area contributed by atoms with Crippen LogP contribution in [0.15, 0.2) is 24.3 Å². The van der Waals surface area contributed by atoms with E-state index in [2.05, 4.69) is 10.2 Å². The zero-order chi connectivity index (χ0) is 14.7. The van der Waals surface area contributed by atoms with Gasteiger partial charge in [0.25, 0.3) is 5.91 Å². The Balaban J connectivity index is 1.33. The molecule has 0 unspecified atom stereocenters. The van der Waals surface area contributed by atoms with E-state index in [0.29, 0.717) is 5.92 Å². The summed E-state index contributed by atoms with van der Waals surface area (Å²) in [5.74, 6) is 1.32. The fourth-order valence-corrected chi connectivity index (χ4v) is 2.89. The van der Waals surface area contributed by atoms with Crippen LogP contribution in [-0.4, -0.2) is 43.1 Å². The smallest absolute Gasteiger partial charge is 0.257 e. The van der Waals surface area contributed by atoms with Gasteiger partial charge in [0.05, 0.1) is 0 Å². The van der Waals surface area contributed by atoms with Crippen molar-refractivity contribution in [3.8, 4) is 5.75 Å². The van der Waals surface area contributed by atoms with Gasteiger partial charge in [-0.05, 0) is 50.8 Å². The molecule has 1 amide bonds. The lowest BCUT2D eigenvalue weighted by Gasteiger charge is -2.15. The molecule has 2 aliphatic rings. The molecular formula is C17H24N2O2. The number of amides is 1. The van der Waals surface area contributed by atoms with E-state index in [0.717, 1.165) is 24.9 Å². The zero-order valence-corrected chi connectivity index (χ0v) is 12.7. The fraction of sp³-hybridized carbons (Fsp3) is 0.588. The SMILES string of the molecule is Cc1ccc(OCC(=O)NC[C@H]2CCN(C3CC3)C2)cc1. The predicted octanol–water partition coefficient (Wildman–Crippen LogP) is 1.97. The molecule has 1 aliphatic carbocycles. The molecule has 1 N–H and O–H groups in total. The standard InChI is InChI=1S/C17H24N2O2/c1-13-2-6-16(7-3-13)21-12-17(20)18-10-14-8-9-19(11-14)15-4-5-15/h2-3,6-7,14-15H,4-5,8-12H2,1H3,(H,18,20)/t14-/m1/s1. The minimum Gasteiger partial charge on any atom is -0.484 e. The van der Waals surface area contributed by atoms with Crippen molar-refractivity contribution in [3.05, 3.63) is 29.8 Å². The minimum absolute atomic E-state index is 0.0274. The van der Waals surface area contributed by atoms with Crippen LogP contribution in [0, 0.1) is 12.8 Å². The zero-order valence-electron chi connectivity index (χ0n) is 12.7. The van der Waals surface area contributed by atoms with Crippen molar-refractivity contribution in [2.45, 2.75) is 32.2 Å². The first-order chi connectivity index (χ1) is 10.2. The Kier molecular flexibility index (Phi) is 4.44. The van der Waals surface area contributed by atoms with E-state index in [1.165, 1.54) is 31.4 Å². The third-order valence-electron chi connectivity index (χ3n) is 4.36. The number of likely N-dealkylation sites (tertiary alicyclic amines) is 1. The lowest BCUT2D eigenvalue weighted by molar-refractivity contribution is -0.123. The molecule has 21 heavy (non-hydrogen) atoms. The average molecular weight is 288 g/mol. The molecule has 1 aliphatic heterocycles. The molecule has 3 rings (SSSR count). The Morgan fingerprint density at radius 2 is 2.05 bits per heavy atom. The molecule has 1 saturated carbocycles. The average Bonchev–Trinajstić information content (AvgIpc) is 3.23. The molecule has 4 nitrogen and oxygen atoms in total. The van der Waals surface area contributed by atoms with Crippen LogP contribution < -0.4 is 10.1 Å². The van der Waals surface area contributed by atoms with Gasteiger partial charge in [-0.25, -0.2) is 0 Å². The molecule has 114 valence electrons. The third kappa shape index (κ3) is 4.21. The van der Waals surface area contributed by atoms with Gasteiger partial charge in [0, 0.05) is 19.1 Å². The summed E-state index contributed by atoms with van der Waals surface area (Å²) in [6, 6.07) is 8.60. The van der Waals surface area contributed by atoms with E-state index in [9.17, 15) is 4.79 Å². The predicted molar refractivity (Wildman–Crippen MR) is 82.4 cm³/mol. The maximum absolute atomic E-state index is 11.8. The van der Waals surface area contributed by atoms with Crippen molar-refractivity contribution < 1.29 is 9.53 Å². The van der Waals surface area contributed by atoms with Crippen LogP contribution in [0.5, 0.6) is 5.75 Å². The Bertz CT molecular complexity index is 482. The molecule has 4 heteroatoms. The van der Waals surface area contributed by atoms with Crippen LogP contribution in [0.2, 0.25) is 0 Å². The van der Waals surface area contributed by atoms with Crippen LogP contribution in [0.4, 0.5) is 0 Å². The van der Waals surface area contributed by atoms with Crippen LogP contribution in [-0.2, 0) is 4.79 Å². The lowest BCUT2D eigenvalue weighted by Crippen LogP contribution is -2.34. The number of nitrogens with zero attached hydrogens (tertiary/aromatic N) is 1. The van der Waals surface area contributed by atoms with Crippen molar-refractivity contribution in [3.63, 3.8) is 0 Å². The summed E-state index contributed by atoms with van der Waals surface area (Å²) in [5.41, 5.74) is 1.19. The summed E-state index contributed by atoms with van der Waals surface area (Å²) < 4.78 is 5.48. The van der Waals surface area contributed by atoms with Gasteiger partial charge in [0.15, 0.2) is 6.61 Å². The summed E-state index contributed by atoms with van der Waals surface area (Å²) in [6.07, 6.45) is 3.93. The maximum Gasteiger partial charge on any atom is 0.257 e. The van der Waals surface area contributed by atoms with Crippen LogP contribution in [0.1, 0.15) is 24.8 Å². The Morgan fingerprint density at radius 1 is 1.29 bits per heavy atom. The normalized spacial score (nSPS) is 22.2. The Labute approximate surface area is 126 Å². The number of benzene rings is 1. The maximum atomic E-state index is 11.8. The highest BCUT2D eigenvalue weighted by Crippen LogP contribution is 2.31. The summed E-state index contributed by atoms with van der Waals surface area (Å²) in [4.78, 5) is 14.4. The van der Waals surface area contributed by atoms with Gasteiger partial charge < -0.3 is 15.0 Å². The van der Waals surface area contributed by atoms with Crippen molar-refractivity contribution >= 4 is 5.91 Å². The largest absolute Gasteiger partial charge is 0.484 e. The highest BCUT2D eigenvalue weighted by molar-refractivity contribution is 5.77. The van der Waals surface area contributed by atoms with E-state index in [4.69, 9.17) is 4.74 Å². The van der Waals surface area contributed by atoms with Crippen molar-refractivity contribution in [1.82, 2.24) is 10.2 Å². The van der Waals surface area contributed by atoms with E-state index >= 15 is 0 Å². The number of carbonyl (C=O) groups is 1. The van der Waals surface area contributed by atoms with Gasteiger partial charge in [-0.1, -0.05) is 17.7 Å². The first kappa shape index (κ1) is 14.4. The van der Waals surface area contributed by atoms with Crippen LogP contribution >= 0.6 is 0 Å². The topological polar surface area (TPSA) is 41.6 Å². The van der Waals surface area contributed by atoms with Crippen molar-refractivity contribution in [2.24, 2.45) is 5.92 Å². The molecule has 0 radical (unpaired) electrons. The Hall–Kier alpha value is -1.55. The number of hydrogen-bond donors (Lipinski definition) is 1. The molecule has 1 aromatic rings. The minimum atomic E-state index is -0.0274. The molecule has 0 spiro atoms. The summed E-state index contributed by atoms with van der Waals surface area (Å²) in [5, 5.41) is 3.00. The van der Waals surface area contributed by atoms with Crippen molar-refractivity contribution in [2.75, 3.05) is 26.2 Å². The molecule has 1 aromatic carbocycles. The number of rotatable bonds is 6. The van der Waals surface area contributed by atoms with Crippen LogP contribution in [0.3, 0.4) is 0 Å². The highest BCUT2D eigenvalue weighted by Gasteiger charge is 2.34. The molecule has 1 atom stereocenters. The van der Waals surface area contributed by atoms with E-state index in [1.807, 2.05) is 31.2 Å². The van der Waals surface area contributed by atoms with E-state index in [1.54, 1.807) is 0 Å². The fourth-order valence-electron chi connectivity index (χ4n) is 2.89. The lowest BCUT2D eigenvalue weighted by atomic mass is 10.1. The van der Waals surface area contributed by atoms with Gasteiger partial charge in [0.2, 0.25) is 0 Å². The number of hydrogen-bond acceptors (Lipinski definition) is 3. The van der Waals surface area contributed by atoms with Gasteiger partial charge in [-0.2, -0.15) is 0 Å². The molecule has 1 saturated heterocycles. The quantitative estimate of drug-likeness (QED) is 0.870. The van der Waals surface area contributed by atoms with E-state index in [-0.39, 0.29) is 12.5 Å².